The molecule has 0 saturated carbocycles. The molecule has 0 aliphatic rings. The van der Waals surface area contributed by atoms with Crippen molar-refractivity contribution >= 4 is 28.9 Å². The number of nitro benzene ring substituents is 1. The van der Waals surface area contributed by atoms with Crippen LogP contribution in [0.1, 0.15) is 10.4 Å². The molecule has 0 radical (unpaired) electrons. The maximum Gasteiger partial charge on any atom is 0.573 e. The number of anilines is 1. The maximum atomic E-state index is 12.1. The number of ether oxygens (including phenoxy) is 1. The summed E-state index contributed by atoms with van der Waals surface area (Å²) < 4.78 is 39.9. The first-order valence-corrected chi connectivity index (χ1v) is 6.64. The highest BCUT2D eigenvalue weighted by atomic mass is 35.5. The molecule has 0 unspecified atom stereocenters. The summed E-state index contributed by atoms with van der Waals surface area (Å²) >= 11 is 5.65. The molecule has 0 fully saturated rings. The number of carbonyl (C=O) groups is 1. The van der Waals surface area contributed by atoms with Crippen molar-refractivity contribution in [3.8, 4) is 5.75 Å². The monoisotopic (exact) mass is 360 g/mol. The van der Waals surface area contributed by atoms with Crippen LogP contribution in [-0.4, -0.2) is 17.2 Å². The van der Waals surface area contributed by atoms with Gasteiger partial charge in [0.05, 0.1) is 4.92 Å². The van der Waals surface area contributed by atoms with E-state index in [0.717, 1.165) is 30.3 Å². The number of halogens is 4. The summed E-state index contributed by atoms with van der Waals surface area (Å²) in [6.07, 6.45) is -4.83. The van der Waals surface area contributed by atoms with E-state index >= 15 is 0 Å². The lowest BCUT2D eigenvalue weighted by Gasteiger charge is -2.09. The Kier molecular flexibility index (Phi) is 4.93. The highest BCUT2D eigenvalue weighted by Gasteiger charge is 2.31. The molecule has 0 spiro atoms. The Hall–Kier alpha value is -2.81. The van der Waals surface area contributed by atoms with Gasteiger partial charge in [0.15, 0.2) is 0 Å². The van der Waals surface area contributed by atoms with Crippen molar-refractivity contribution in [1.82, 2.24) is 0 Å². The lowest BCUT2D eigenvalue weighted by Crippen LogP contribution is -2.17. The molecule has 1 N–H and O–H groups in total. The second kappa shape index (κ2) is 6.75. The van der Waals surface area contributed by atoms with Crippen LogP contribution in [0.3, 0.4) is 0 Å². The van der Waals surface area contributed by atoms with E-state index in [1.165, 1.54) is 12.1 Å². The number of alkyl halides is 3. The van der Waals surface area contributed by atoms with Crippen molar-refractivity contribution in [3.63, 3.8) is 0 Å². The molecule has 10 heteroatoms. The quantitative estimate of drug-likeness (QED) is 0.647. The zero-order valence-electron chi connectivity index (χ0n) is 11.6. The minimum atomic E-state index is -4.83. The third-order valence-electron chi connectivity index (χ3n) is 2.75. The molecule has 0 heterocycles. The van der Waals surface area contributed by atoms with E-state index in [9.17, 15) is 28.1 Å². The van der Waals surface area contributed by atoms with Crippen LogP contribution < -0.4 is 10.1 Å². The van der Waals surface area contributed by atoms with E-state index < -0.39 is 22.9 Å². The van der Waals surface area contributed by atoms with Crippen LogP contribution in [0.2, 0.25) is 5.02 Å². The molecule has 2 aromatic carbocycles. The second-order valence-corrected chi connectivity index (χ2v) is 4.86. The SMILES string of the molecule is O=C(Nc1ccc(Cl)c([N+](=O)[O-])c1)c1ccc(OC(F)(F)F)cc1. The van der Waals surface area contributed by atoms with Gasteiger partial charge in [-0.2, -0.15) is 0 Å². The highest BCUT2D eigenvalue weighted by molar-refractivity contribution is 6.32. The summed E-state index contributed by atoms with van der Waals surface area (Å²) in [6.45, 7) is 0. The van der Waals surface area contributed by atoms with Crippen LogP contribution >= 0.6 is 11.6 Å². The van der Waals surface area contributed by atoms with Crippen molar-refractivity contribution in [1.29, 1.82) is 0 Å². The van der Waals surface area contributed by atoms with Crippen LogP contribution in [0.4, 0.5) is 24.5 Å². The predicted molar refractivity (Wildman–Crippen MR) is 79.2 cm³/mol. The Morgan fingerprint density at radius 1 is 1.17 bits per heavy atom. The Morgan fingerprint density at radius 3 is 2.33 bits per heavy atom. The van der Waals surface area contributed by atoms with Crippen LogP contribution in [0, 0.1) is 10.1 Å². The Morgan fingerprint density at radius 2 is 1.79 bits per heavy atom. The summed E-state index contributed by atoms with van der Waals surface area (Å²) in [5.74, 6) is -1.13. The van der Waals surface area contributed by atoms with Gasteiger partial charge in [0.2, 0.25) is 0 Å². The largest absolute Gasteiger partial charge is 0.573 e. The van der Waals surface area contributed by atoms with Crippen LogP contribution in [0.15, 0.2) is 42.5 Å². The van der Waals surface area contributed by atoms with Crippen LogP contribution in [0.25, 0.3) is 0 Å². The minimum absolute atomic E-state index is 0.0436. The lowest BCUT2D eigenvalue weighted by atomic mass is 10.2. The number of benzene rings is 2. The number of amides is 1. The van der Waals surface area contributed by atoms with Gasteiger partial charge in [0, 0.05) is 17.3 Å². The lowest BCUT2D eigenvalue weighted by molar-refractivity contribution is -0.384. The van der Waals surface area contributed by atoms with Gasteiger partial charge in [0.1, 0.15) is 10.8 Å². The fourth-order valence-corrected chi connectivity index (χ4v) is 1.93. The van der Waals surface area contributed by atoms with E-state index in [4.69, 9.17) is 11.6 Å². The average Bonchev–Trinajstić information content (AvgIpc) is 2.48. The molecule has 24 heavy (non-hydrogen) atoms. The first-order valence-electron chi connectivity index (χ1n) is 6.27. The number of rotatable bonds is 4. The average molecular weight is 361 g/mol. The van der Waals surface area contributed by atoms with Crippen LogP contribution in [0.5, 0.6) is 5.75 Å². The van der Waals surface area contributed by atoms with Gasteiger partial charge in [-0.25, -0.2) is 0 Å². The molecule has 2 rings (SSSR count). The van der Waals surface area contributed by atoms with Gasteiger partial charge < -0.3 is 10.1 Å². The van der Waals surface area contributed by atoms with E-state index in [1.54, 1.807) is 0 Å². The van der Waals surface area contributed by atoms with Gasteiger partial charge in [0.25, 0.3) is 11.6 Å². The topological polar surface area (TPSA) is 81.5 Å². The van der Waals surface area contributed by atoms with Crippen molar-refractivity contribution < 1.29 is 27.6 Å². The third kappa shape index (κ3) is 4.59. The number of hydrogen-bond donors (Lipinski definition) is 1. The van der Waals surface area contributed by atoms with Crippen molar-refractivity contribution in [2.75, 3.05) is 5.32 Å². The maximum absolute atomic E-state index is 12.1. The fourth-order valence-electron chi connectivity index (χ4n) is 1.74. The summed E-state index contributed by atoms with van der Waals surface area (Å²) in [7, 11) is 0. The Balaban J connectivity index is 2.13. The van der Waals surface area contributed by atoms with Crippen molar-refractivity contribution in [2.45, 2.75) is 6.36 Å². The summed E-state index contributed by atoms with van der Waals surface area (Å²) in [5.41, 5.74) is -0.225. The number of hydrogen-bond acceptors (Lipinski definition) is 4. The molecule has 1 amide bonds. The van der Waals surface area contributed by atoms with Gasteiger partial charge in [-0.1, -0.05) is 11.6 Å². The van der Waals surface area contributed by atoms with Crippen molar-refractivity contribution in [3.05, 3.63) is 63.2 Å². The fraction of sp³-hybridized carbons (Fsp3) is 0.0714. The molecule has 0 aliphatic heterocycles. The molecule has 0 bridgehead atoms. The molecule has 6 nitrogen and oxygen atoms in total. The number of nitrogens with zero attached hydrogens (tertiary/aromatic N) is 1. The summed E-state index contributed by atoms with van der Waals surface area (Å²) in [4.78, 5) is 22.1. The second-order valence-electron chi connectivity index (χ2n) is 4.45. The molecular weight excluding hydrogens is 353 g/mol. The van der Waals surface area contributed by atoms with Crippen molar-refractivity contribution in [2.24, 2.45) is 0 Å². The first kappa shape index (κ1) is 17.5. The molecule has 2 aromatic rings. The van der Waals surface area contributed by atoms with E-state index in [-0.39, 0.29) is 22.0 Å². The molecule has 0 atom stereocenters. The molecule has 0 aliphatic carbocycles. The van der Waals surface area contributed by atoms with E-state index in [0.29, 0.717) is 0 Å². The van der Waals surface area contributed by atoms with Crippen LogP contribution in [-0.2, 0) is 0 Å². The number of nitro groups is 1. The van der Waals surface area contributed by atoms with Gasteiger partial charge in [-0.05, 0) is 36.4 Å². The molecule has 126 valence electrons. The Labute approximate surface area is 137 Å². The zero-order chi connectivity index (χ0) is 17.9. The highest BCUT2D eigenvalue weighted by Crippen LogP contribution is 2.28. The predicted octanol–water partition coefficient (Wildman–Crippen LogP) is 4.40. The smallest absolute Gasteiger partial charge is 0.406 e. The third-order valence-corrected chi connectivity index (χ3v) is 3.07. The normalized spacial score (nSPS) is 11.0. The first-order chi connectivity index (χ1) is 11.2. The van der Waals surface area contributed by atoms with Gasteiger partial charge >= 0.3 is 6.36 Å². The van der Waals surface area contributed by atoms with Gasteiger partial charge in [-0.15, -0.1) is 13.2 Å². The summed E-state index contributed by atoms with van der Waals surface area (Å²) in [5, 5.41) is 13.1. The number of carbonyl (C=O) groups excluding carboxylic acids is 1. The Bertz CT molecular complexity index is 779. The minimum Gasteiger partial charge on any atom is -0.406 e. The zero-order valence-corrected chi connectivity index (χ0v) is 12.4. The van der Waals surface area contributed by atoms with E-state index in [2.05, 4.69) is 10.1 Å². The summed E-state index contributed by atoms with van der Waals surface area (Å²) in [6, 6.07) is 7.88. The van der Waals surface area contributed by atoms with Gasteiger partial charge in [-0.3, -0.25) is 14.9 Å². The number of nitrogens with one attached hydrogen (secondary N) is 1. The molecule has 0 saturated heterocycles. The standard InChI is InChI=1S/C14H8ClF3N2O4/c15-11-6-3-9(7-12(11)20(22)23)19-13(21)8-1-4-10(5-2-8)24-14(16,17)18/h1-7H,(H,19,21). The van der Waals surface area contributed by atoms with E-state index in [1.807, 2.05) is 0 Å². The molecular formula is C14H8ClF3N2O4. The molecule has 0 aromatic heterocycles.